The molecule has 172 valence electrons. The van der Waals surface area contributed by atoms with Crippen molar-refractivity contribution in [3.05, 3.63) is 42.4 Å². The lowest BCUT2D eigenvalue weighted by Crippen LogP contribution is -2.38. The molecule has 3 aromatic rings. The third-order valence-corrected chi connectivity index (χ3v) is 6.78. The largest absolute Gasteiger partial charge is 0.488 e. The van der Waals surface area contributed by atoms with Crippen molar-refractivity contribution in [3.63, 3.8) is 0 Å². The molecule has 1 saturated heterocycles. The van der Waals surface area contributed by atoms with Gasteiger partial charge in [-0.05, 0) is 56.4 Å². The summed E-state index contributed by atoms with van der Waals surface area (Å²) in [6, 6.07) is 8.04. The Bertz CT molecular complexity index is 1190. The Labute approximate surface area is 192 Å². The molecular weight excluding hydrogens is 420 g/mol. The Hall–Kier alpha value is -2.97. The number of carbonyl (C=O) groups is 1. The fourth-order valence-corrected chi connectivity index (χ4v) is 4.78. The van der Waals surface area contributed by atoms with Crippen molar-refractivity contribution in [2.75, 3.05) is 18.5 Å². The van der Waals surface area contributed by atoms with Crippen molar-refractivity contribution < 1.29 is 19.0 Å². The van der Waals surface area contributed by atoms with E-state index in [9.17, 15) is 4.79 Å². The highest BCUT2D eigenvalue weighted by molar-refractivity contribution is 5.93. The van der Waals surface area contributed by atoms with Crippen LogP contribution in [-0.2, 0) is 14.3 Å². The molecule has 2 aliphatic carbocycles. The van der Waals surface area contributed by atoms with Gasteiger partial charge in [-0.2, -0.15) is 5.10 Å². The second-order valence-electron chi connectivity index (χ2n) is 9.32. The maximum absolute atomic E-state index is 12.1. The van der Waals surface area contributed by atoms with Crippen LogP contribution in [0.15, 0.2) is 36.7 Å². The SMILES string of the molecule is Cc1cc(-c2ccn3nc(NC(=O)C4CC4)cc3c2)c(OC2CCC3(CC2)OCCO3)cn1. The first kappa shape index (κ1) is 20.6. The highest BCUT2D eigenvalue weighted by atomic mass is 16.7. The number of aromatic nitrogens is 3. The Morgan fingerprint density at radius 3 is 2.70 bits per heavy atom. The molecule has 0 aromatic carbocycles. The molecule has 33 heavy (non-hydrogen) atoms. The van der Waals surface area contributed by atoms with E-state index in [2.05, 4.69) is 27.5 Å². The van der Waals surface area contributed by atoms with Crippen LogP contribution in [0.2, 0.25) is 0 Å². The minimum Gasteiger partial charge on any atom is -0.488 e. The van der Waals surface area contributed by atoms with E-state index < -0.39 is 5.79 Å². The molecule has 0 atom stereocenters. The lowest BCUT2D eigenvalue weighted by atomic mass is 9.91. The zero-order valence-corrected chi connectivity index (χ0v) is 18.8. The van der Waals surface area contributed by atoms with Crippen molar-refractivity contribution in [2.45, 2.75) is 57.3 Å². The monoisotopic (exact) mass is 448 g/mol. The van der Waals surface area contributed by atoms with Gasteiger partial charge in [-0.25, -0.2) is 4.52 Å². The van der Waals surface area contributed by atoms with E-state index in [1.165, 1.54) is 0 Å². The summed E-state index contributed by atoms with van der Waals surface area (Å²) >= 11 is 0. The smallest absolute Gasteiger partial charge is 0.228 e. The summed E-state index contributed by atoms with van der Waals surface area (Å²) in [7, 11) is 0. The minimum absolute atomic E-state index is 0.0572. The lowest BCUT2D eigenvalue weighted by molar-refractivity contribution is -0.186. The maximum atomic E-state index is 12.1. The predicted molar refractivity (Wildman–Crippen MR) is 122 cm³/mol. The van der Waals surface area contributed by atoms with Gasteiger partial charge in [0, 0.05) is 42.3 Å². The van der Waals surface area contributed by atoms with Crippen LogP contribution in [0.4, 0.5) is 5.82 Å². The van der Waals surface area contributed by atoms with Crippen molar-refractivity contribution in [3.8, 4) is 16.9 Å². The summed E-state index contributed by atoms with van der Waals surface area (Å²) in [6.07, 6.45) is 9.25. The van der Waals surface area contributed by atoms with Gasteiger partial charge in [-0.1, -0.05) is 0 Å². The zero-order chi connectivity index (χ0) is 22.4. The number of fused-ring (bicyclic) bond motifs is 1. The van der Waals surface area contributed by atoms with Gasteiger partial charge in [0.1, 0.15) is 5.75 Å². The van der Waals surface area contributed by atoms with Crippen molar-refractivity contribution in [2.24, 2.45) is 5.92 Å². The molecule has 0 bridgehead atoms. The van der Waals surface area contributed by atoms with E-state index in [4.69, 9.17) is 14.2 Å². The Morgan fingerprint density at radius 1 is 1.15 bits per heavy atom. The third kappa shape index (κ3) is 4.20. The molecule has 4 heterocycles. The standard InChI is InChI=1S/C25H28N4O4/c1-16-12-21(22(15-26-16)33-20-4-7-25(8-5-20)31-10-11-32-25)18-6-9-29-19(13-18)14-23(28-29)27-24(30)17-2-3-17/h6,9,12-15,17,20H,2-5,7-8,10-11H2,1H3,(H,27,28,30). The molecule has 1 spiro atoms. The van der Waals surface area contributed by atoms with Crippen LogP contribution in [0.3, 0.4) is 0 Å². The van der Waals surface area contributed by atoms with Crippen molar-refractivity contribution in [1.82, 2.24) is 14.6 Å². The maximum Gasteiger partial charge on any atom is 0.228 e. The number of anilines is 1. The van der Waals surface area contributed by atoms with Crippen LogP contribution in [0, 0.1) is 12.8 Å². The average Bonchev–Trinajstić information content (AvgIpc) is 3.46. The van der Waals surface area contributed by atoms with Crippen LogP contribution >= 0.6 is 0 Å². The summed E-state index contributed by atoms with van der Waals surface area (Å²) < 4.78 is 19.9. The van der Waals surface area contributed by atoms with E-state index in [0.29, 0.717) is 19.0 Å². The van der Waals surface area contributed by atoms with Crippen LogP contribution in [0.1, 0.15) is 44.2 Å². The van der Waals surface area contributed by atoms with Gasteiger partial charge >= 0.3 is 0 Å². The summed E-state index contributed by atoms with van der Waals surface area (Å²) in [6.45, 7) is 3.34. The molecule has 6 rings (SSSR count). The van der Waals surface area contributed by atoms with E-state index in [1.807, 2.05) is 31.5 Å². The normalized spacial score (nSPS) is 20.4. The number of rotatable bonds is 5. The van der Waals surface area contributed by atoms with Crippen LogP contribution in [0.25, 0.3) is 16.6 Å². The molecule has 0 radical (unpaired) electrons. The number of hydrogen-bond acceptors (Lipinski definition) is 6. The lowest BCUT2D eigenvalue weighted by Gasteiger charge is -2.35. The third-order valence-electron chi connectivity index (χ3n) is 6.78. The average molecular weight is 449 g/mol. The van der Waals surface area contributed by atoms with Crippen LogP contribution in [-0.4, -0.2) is 45.6 Å². The number of ether oxygens (including phenoxy) is 3. The topological polar surface area (TPSA) is 87.0 Å². The second kappa shape index (κ2) is 8.11. The fraction of sp³-hybridized carbons (Fsp3) is 0.480. The van der Waals surface area contributed by atoms with Crippen LogP contribution < -0.4 is 10.1 Å². The first-order chi connectivity index (χ1) is 16.1. The molecule has 2 saturated carbocycles. The Morgan fingerprint density at radius 2 is 1.94 bits per heavy atom. The number of nitrogens with one attached hydrogen (secondary N) is 1. The van der Waals surface area contributed by atoms with Gasteiger partial charge in [0.15, 0.2) is 11.6 Å². The van der Waals surface area contributed by atoms with E-state index in [0.717, 1.165) is 66.6 Å². The molecule has 3 aliphatic rings. The van der Waals surface area contributed by atoms with Gasteiger partial charge in [0.25, 0.3) is 0 Å². The fourth-order valence-electron chi connectivity index (χ4n) is 4.78. The van der Waals surface area contributed by atoms with Gasteiger partial charge in [0.2, 0.25) is 5.91 Å². The quantitative estimate of drug-likeness (QED) is 0.632. The molecule has 3 fully saturated rings. The summed E-state index contributed by atoms with van der Waals surface area (Å²) in [4.78, 5) is 16.6. The Kier molecular flexibility index (Phi) is 5.07. The summed E-state index contributed by atoms with van der Waals surface area (Å²) in [5.74, 6) is 1.17. The molecule has 1 amide bonds. The van der Waals surface area contributed by atoms with Gasteiger partial charge in [-0.3, -0.25) is 9.78 Å². The highest BCUT2D eigenvalue weighted by Crippen LogP contribution is 2.39. The van der Waals surface area contributed by atoms with Crippen molar-refractivity contribution >= 4 is 17.2 Å². The number of aryl methyl sites for hydroxylation is 1. The molecule has 1 aliphatic heterocycles. The molecule has 8 heteroatoms. The summed E-state index contributed by atoms with van der Waals surface area (Å²) in [5, 5.41) is 7.41. The van der Waals surface area contributed by atoms with Gasteiger partial charge < -0.3 is 19.5 Å². The highest BCUT2D eigenvalue weighted by Gasteiger charge is 2.41. The molecule has 0 unspecified atom stereocenters. The van der Waals surface area contributed by atoms with E-state index in [-0.39, 0.29) is 17.9 Å². The number of hydrogen-bond donors (Lipinski definition) is 1. The summed E-state index contributed by atoms with van der Waals surface area (Å²) in [5.41, 5.74) is 3.87. The Balaban J connectivity index is 1.23. The van der Waals surface area contributed by atoms with E-state index in [1.54, 1.807) is 4.52 Å². The number of carbonyl (C=O) groups excluding carboxylic acids is 1. The molecule has 8 nitrogen and oxygen atoms in total. The molecular formula is C25H28N4O4. The first-order valence-electron chi connectivity index (χ1n) is 11.8. The molecule has 3 aromatic heterocycles. The van der Waals surface area contributed by atoms with Crippen LogP contribution in [0.5, 0.6) is 5.75 Å². The number of pyridine rings is 2. The second-order valence-corrected chi connectivity index (χ2v) is 9.32. The molecule has 1 N–H and O–H groups in total. The van der Waals surface area contributed by atoms with E-state index >= 15 is 0 Å². The number of nitrogens with zero attached hydrogens (tertiary/aromatic N) is 3. The van der Waals surface area contributed by atoms with Gasteiger partial charge in [0.05, 0.1) is 31.0 Å². The minimum atomic E-state index is -0.395. The zero-order valence-electron chi connectivity index (χ0n) is 18.8. The first-order valence-corrected chi connectivity index (χ1v) is 11.8. The van der Waals surface area contributed by atoms with Gasteiger partial charge in [-0.15, -0.1) is 0 Å². The van der Waals surface area contributed by atoms with Crippen molar-refractivity contribution in [1.29, 1.82) is 0 Å². The number of amides is 1. The predicted octanol–water partition coefficient (Wildman–Crippen LogP) is 4.12.